The van der Waals surface area contributed by atoms with E-state index in [0.717, 1.165) is 0 Å². The normalized spacial score (nSPS) is 13.2. The average molecular weight is 395 g/mol. The fourth-order valence-corrected chi connectivity index (χ4v) is 2.89. The van der Waals surface area contributed by atoms with E-state index in [2.05, 4.69) is 10.3 Å². The van der Waals surface area contributed by atoms with E-state index in [1.165, 1.54) is 30.5 Å². The minimum absolute atomic E-state index is 0.0391. The standard InChI is InChI=1S/C18H20ClFN4O3/c1-2-12(24-14(22)7-15(25)26)10-4-5-11(19)16(17(10)20)18(27)9-3-6-13(21)23-8-9/h3-6,8,12,14,24H,2,7,22H2,1H3,(H2,21,23)(H,25,26). The van der Waals surface area contributed by atoms with Crippen molar-refractivity contribution in [3.05, 3.63) is 58.0 Å². The summed E-state index contributed by atoms with van der Waals surface area (Å²) in [6, 6.07) is 5.15. The van der Waals surface area contributed by atoms with Crippen molar-refractivity contribution in [2.24, 2.45) is 5.73 Å². The lowest BCUT2D eigenvalue weighted by Crippen LogP contribution is -2.41. The second-order valence-corrected chi connectivity index (χ2v) is 6.37. The first-order valence-electron chi connectivity index (χ1n) is 8.22. The van der Waals surface area contributed by atoms with Gasteiger partial charge in [0, 0.05) is 23.4 Å². The molecule has 0 saturated heterocycles. The molecule has 2 rings (SSSR count). The molecule has 1 aromatic heterocycles. The third-order valence-corrected chi connectivity index (χ3v) is 4.31. The molecule has 7 nitrogen and oxygen atoms in total. The zero-order chi connectivity index (χ0) is 20.1. The number of nitrogens with two attached hydrogens (primary N) is 2. The van der Waals surface area contributed by atoms with Crippen molar-refractivity contribution in [2.75, 3.05) is 5.73 Å². The third-order valence-electron chi connectivity index (χ3n) is 3.99. The van der Waals surface area contributed by atoms with Crippen LogP contribution in [0.25, 0.3) is 0 Å². The highest BCUT2D eigenvalue weighted by atomic mass is 35.5. The largest absolute Gasteiger partial charge is 0.481 e. The van der Waals surface area contributed by atoms with Gasteiger partial charge in [-0.3, -0.25) is 14.9 Å². The van der Waals surface area contributed by atoms with Crippen LogP contribution in [0.1, 0.15) is 47.3 Å². The van der Waals surface area contributed by atoms with Crippen LogP contribution >= 0.6 is 11.6 Å². The van der Waals surface area contributed by atoms with Crippen LogP contribution < -0.4 is 16.8 Å². The van der Waals surface area contributed by atoms with E-state index in [9.17, 15) is 9.59 Å². The van der Waals surface area contributed by atoms with Crippen molar-refractivity contribution in [3.63, 3.8) is 0 Å². The van der Waals surface area contributed by atoms with Gasteiger partial charge in [0.2, 0.25) is 0 Å². The maximum atomic E-state index is 15.2. The van der Waals surface area contributed by atoms with Gasteiger partial charge in [0.1, 0.15) is 11.6 Å². The number of aliphatic carboxylic acids is 1. The Balaban J connectivity index is 2.39. The lowest BCUT2D eigenvalue weighted by Gasteiger charge is -2.23. The molecule has 0 aliphatic carbocycles. The zero-order valence-corrected chi connectivity index (χ0v) is 15.3. The number of nitrogens with one attached hydrogen (secondary N) is 1. The number of rotatable bonds is 8. The van der Waals surface area contributed by atoms with Crippen molar-refractivity contribution < 1.29 is 19.1 Å². The second kappa shape index (κ2) is 8.90. The first-order chi connectivity index (χ1) is 12.7. The number of aromatic nitrogens is 1. The first kappa shape index (κ1) is 20.8. The van der Waals surface area contributed by atoms with E-state index in [4.69, 9.17) is 28.2 Å². The molecule has 144 valence electrons. The van der Waals surface area contributed by atoms with Crippen molar-refractivity contribution in [2.45, 2.75) is 32.0 Å². The summed E-state index contributed by atoms with van der Waals surface area (Å²) in [7, 11) is 0. The number of ketones is 1. The number of carboxylic acids is 1. The van der Waals surface area contributed by atoms with E-state index in [1.807, 2.05) is 0 Å². The van der Waals surface area contributed by atoms with Gasteiger partial charge in [-0.05, 0) is 24.6 Å². The SMILES string of the molecule is CCC(NC(N)CC(=O)O)c1ccc(Cl)c(C(=O)c2ccc(N)nc2)c1F. The van der Waals surface area contributed by atoms with Crippen molar-refractivity contribution in [1.82, 2.24) is 10.3 Å². The number of halogens is 2. The predicted octanol–water partition coefficient (Wildman–Crippen LogP) is 2.49. The highest BCUT2D eigenvalue weighted by Crippen LogP contribution is 2.29. The van der Waals surface area contributed by atoms with Gasteiger partial charge < -0.3 is 16.6 Å². The number of nitrogens with zero attached hydrogens (tertiary/aromatic N) is 1. The molecular weight excluding hydrogens is 375 g/mol. The van der Waals surface area contributed by atoms with E-state index >= 15 is 4.39 Å². The van der Waals surface area contributed by atoms with Crippen LogP contribution in [0.15, 0.2) is 30.5 Å². The highest BCUT2D eigenvalue weighted by Gasteiger charge is 2.25. The number of pyridine rings is 1. The molecule has 6 N–H and O–H groups in total. The number of nitrogen functional groups attached to an aromatic ring is 1. The summed E-state index contributed by atoms with van der Waals surface area (Å²) >= 11 is 6.07. The molecule has 2 atom stereocenters. The van der Waals surface area contributed by atoms with Gasteiger partial charge in [0.05, 0.1) is 23.2 Å². The third kappa shape index (κ3) is 5.00. The molecule has 0 aliphatic heterocycles. The van der Waals surface area contributed by atoms with Crippen LogP contribution in [0.4, 0.5) is 10.2 Å². The number of benzene rings is 1. The number of carbonyl (C=O) groups is 2. The quantitative estimate of drug-likeness (QED) is 0.399. The lowest BCUT2D eigenvalue weighted by molar-refractivity contribution is -0.137. The Morgan fingerprint density at radius 1 is 1.33 bits per heavy atom. The Morgan fingerprint density at radius 2 is 2.04 bits per heavy atom. The van der Waals surface area contributed by atoms with E-state index in [0.29, 0.717) is 6.42 Å². The van der Waals surface area contributed by atoms with Gasteiger partial charge >= 0.3 is 5.97 Å². The summed E-state index contributed by atoms with van der Waals surface area (Å²) in [6.45, 7) is 1.78. The number of hydrogen-bond acceptors (Lipinski definition) is 6. The molecule has 0 spiro atoms. The molecule has 0 bridgehead atoms. The maximum absolute atomic E-state index is 15.2. The van der Waals surface area contributed by atoms with Gasteiger partial charge in [-0.15, -0.1) is 0 Å². The maximum Gasteiger partial charge on any atom is 0.306 e. The Bertz CT molecular complexity index is 845. The van der Waals surface area contributed by atoms with Gasteiger partial charge in [0.25, 0.3) is 0 Å². The first-order valence-corrected chi connectivity index (χ1v) is 8.59. The molecule has 9 heteroatoms. The number of carboxylic acid groups (broad SMARTS) is 1. The predicted molar refractivity (Wildman–Crippen MR) is 99.9 cm³/mol. The van der Waals surface area contributed by atoms with Crippen molar-refractivity contribution in [1.29, 1.82) is 0 Å². The van der Waals surface area contributed by atoms with Crippen LogP contribution in [0, 0.1) is 5.82 Å². The van der Waals surface area contributed by atoms with Crippen molar-refractivity contribution >= 4 is 29.2 Å². The van der Waals surface area contributed by atoms with Crippen LogP contribution in [0.2, 0.25) is 5.02 Å². The summed E-state index contributed by atoms with van der Waals surface area (Å²) in [5, 5.41) is 11.6. The summed E-state index contributed by atoms with van der Waals surface area (Å²) in [5.41, 5.74) is 11.3. The molecule has 1 heterocycles. The van der Waals surface area contributed by atoms with Crippen LogP contribution in [-0.4, -0.2) is 28.0 Å². The molecule has 1 aromatic carbocycles. The number of carbonyl (C=O) groups excluding carboxylic acids is 1. The van der Waals surface area contributed by atoms with Gasteiger partial charge in [-0.25, -0.2) is 9.37 Å². The molecule has 2 aromatic rings. The number of hydrogen-bond donors (Lipinski definition) is 4. The van der Waals surface area contributed by atoms with Gasteiger partial charge in [0.15, 0.2) is 5.78 Å². The van der Waals surface area contributed by atoms with E-state index in [-0.39, 0.29) is 34.0 Å². The second-order valence-electron chi connectivity index (χ2n) is 5.96. The monoisotopic (exact) mass is 394 g/mol. The minimum Gasteiger partial charge on any atom is -0.481 e. The van der Waals surface area contributed by atoms with Crippen LogP contribution in [0.3, 0.4) is 0 Å². The fraction of sp³-hybridized carbons (Fsp3) is 0.278. The van der Waals surface area contributed by atoms with Crippen LogP contribution in [0.5, 0.6) is 0 Å². The number of anilines is 1. The van der Waals surface area contributed by atoms with Gasteiger partial charge in [-0.1, -0.05) is 24.6 Å². The zero-order valence-electron chi connectivity index (χ0n) is 14.6. The summed E-state index contributed by atoms with van der Waals surface area (Å²) < 4.78 is 15.2. The topological polar surface area (TPSA) is 131 Å². The highest BCUT2D eigenvalue weighted by molar-refractivity contribution is 6.35. The smallest absolute Gasteiger partial charge is 0.306 e. The molecule has 0 amide bonds. The Kier molecular flexibility index (Phi) is 6.84. The van der Waals surface area contributed by atoms with E-state index < -0.39 is 29.8 Å². The minimum atomic E-state index is -1.08. The Hall–Kier alpha value is -2.55. The molecule has 0 fully saturated rings. The summed E-state index contributed by atoms with van der Waals surface area (Å²) in [4.78, 5) is 27.3. The van der Waals surface area contributed by atoms with E-state index in [1.54, 1.807) is 6.92 Å². The lowest BCUT2D eigenvalue weighted by atomic mass is 9.96. The average Bonchev–Trinajstić information content (AvgIpc) is 2.60. The molecular formula is C18H20ClFN4O3. The summed E-state index contributed by atoms with van der Waals surface area (Å²) in [6.07, 6.45) is 0.471. The van der Waals surface area contributed by atoms with Crippen molar-refractivity contribution in [3.8, 4) is 0 Å². The van der Waals surface area contributed by atoms with Crippen LogP contribution in [-0.2, 0) is 4.79 Å². The molecule has 0 saturated carbocycles. The molecule has 0 aliphatic rings. The fourth-order valence-electron chi connectivity index (χ4n) is 2.66. The Morgan fingerprint density at radius 3 is 2.59 bits per heavy atom. The molecule has 2 unspecified atom stereocenters. The molecule has 0 radical (unpaired) electrons. The summed E-state index contributed by atoms with van der Waals surface area (Å²) in [5.74, 6) is -2.26. The molecule has 27 heavy (non-hydrogen) atoms. The Labute approximate surface area is 160 Å². The van der Waals surface area contributed by atoms with Gasteiger partial charge in [-0.2, -0.15) is 0 Å².